The fraction of sp³-hybridized carbons (Fsp3) is 0.643. The minimum absolute atomic E-state index is 0.00512. The number of allylic oxidation sites excluding steroid dienone is 13. The molecule has 0 fully saturated rings. The average Bonchev–Trinajstić information content (AvgIpc) is 3.08. The second-order valence-corrected chi connectivity index (χ2v) is 15.0. The number of hydrogen-bond acceptors (Lipinski definition) is 7. The molecule has 2 unspecified atom stereocenters. The predicted molar refractivity (Wildman–Crippen MR) is 212 cm³/mol. The first-order valence-corrected chi connectivity index (χ1v) is 20.8. The van der Waals surface area contributed by atoms with E-state index in [0.29, 0.717) is 24.1 Å². The molecule has 0 aromatic heterocycles. The van der Waals surface area contributed by atoms with Crippen LogP contribution in [0.15, 0.2) is 85.1 Å². The molecule has 0 bridgehead atoms. The maximum Gasteiger partial charge on any atom is 0.306 e. The molecule has 0 aliphatic rings. The Morgan fingerprint density at radius 2 is 1.14 bits per heavy atom. The standard InChI is InChI=1S/C42H72NO7P/c1-6-8-10-12-14-16-18-20-21-22-24-26-28-30-32-34-37-47-39-41(40-49-51(45,46)48-38-36-43(3,4)5)50-42(44)35-33-31-29-27-25-23-19-17-15-13-11-9-7-2/h8,10-11,13-14,16-17,19-21,24,26,30,32,41H,6-7,9,12,15,18,22-23,25,27-29,31,33-40H2,1-5H3/b10-8-,13-11-,16-14-,19-17-,21-20-,26-24-,32-30-. The van der Waals surface area contributed by atoms with E-state index in [1.54, 1.807) is 0 Å². The number of esters is 1. The maximum absolute atomic E-state index is 12.6. The van der Waals surface area contributed by atoms with Gasteiger partial charge in [0.1, 0.15) is 19.3 Å². The molecule has 0 N–H and O–H groups in total. The zero-order chi connectivity index (χ0) is 37.7. The number of hydrogen-bond donors (Lipinski definition) is 0. The molecule has 0 aliphatic carbocycles. The van der Waals surface area contributed by atoms with Crippen LogP contribution in [-0.2, 0) is 27.9 Å². The van der Waals surface area contributed by atoms with Crippen molar-refractivity contribution in [2.24, 2.45) is 0 Å². The van der Waals surface area contributed by atoms with Crippen molar-refractivity contribution in [1.82, 2.24) is 0 Å². The summed E-state index contributed by atoms with van der Waals surface area (Å²) in [4.78, 5) is 24.9. The predicted octanol–water partition coefficient (Wildman–Crippen LogP) is 10.3. The van der Waals surface area contributed by atoms with E-state index in [9.17, 15) is 14.3 Å². The van der Waals surface area contributed by atoms with Gasteiger partial charge in [0.15, 0.2) is 0 Å². The van der Waals surface area contributed by atoms with Gasteiger partial charge >= 0.3 is 5.97 Å². The van der Waals surface area contributed by atoms with Crippen LogP contribution < -0.4 is 4.89 Å². The second kappa shape index (κ2) is 34.7. The van der Waals surface area contributed by atoms with E-state index in [-0.39, 0.29) is 32.2 Å². The topological polar surface area (TPSA) is 94.1 Å². The van der Waals surface area contributed by atoms with E-state index in [2.05, 4.69) is 92.8 Å². The maximum atomic E-state index is 12.6. The van der Waals surface area contributed by atoms with Crippen LogP contribution in [0.2, 0.25) is 0 Å². The third-order valence-electron chi connectivity index (χ3n) is 7.43. The van der Waals surface area contributed by atoms with Gasteiger partial charge in [0.25, 0.3) is 7.82 Å². The van der Waals surface area contributed by atoms with E-state index < -0.39 is 13.9 Å². The highest BCUT2D eigenvalue weighted by Gasteiger charge is 2.20. The Balaban J connectivity index is 4.48. The van der Waals surface area contributed by atoms with E-state index in [1.807, 2.05) is 27.2 Å². The van der Waals surface area contributed by atoms with Crippen LogP contribution in [0.4, 0.5) is 0 Å². The highest BCUT2D eigenvalue weighted by molar-refractivity contribution is 7.45. The van der Waals surface area contributed by atoms with Crippen molar-refractivity contribution < 1.29 is 37.3 Å². The number of ether oxygens (including phenoxy) is 2. The molecule has 292 valence electrons. The quantitative estimate of drug-likeness (QED) is 0.0214. The van der Waals surface area contributed by atoms with Crippen LogP contribution in [-0.4, -0.2) is 70.7 Å². The molecular formula is C42H72NO7P. The Morgan fingerprint density at radius 3 is 1.71 bits per heavy atom. The van der Waals surface area contributed by atoms with Crippen molar-refractivity contribution in [1.29, 1.82) is 0 Å². The number of phosphoric ester groups is 1. The van der Waals surface area contributed by atoms with Crippen molar-refractivity contribution in [3.05, 3.63) is 85.1 Å². The van der Waals surface area contributed by atoms with Gasteiger partial charge in [-0.15, -0.1) is 0 Å². The van der Waals surface area contributed by atoms with Crippen molar-refractivity contribution in [3.63, 3.8) is 0 Å². The Bertz CT molecular complexity index is 1090. The summed E-state index contributed by atoms with van der Waals surface area (Å²) >= 11 is 0. The SMILES string of the molecule is CC/C=C\C/C=C\C/C=C\C/C=C\C/C=C\CCOCC(COP(=O)([O-])OCC[N+](C)(C)C)OC(=O)CCCCCCC/C=C\C/C=C\CCC. The molecule has 9 heteroatoms. The number of quaternary nitrogens is 1. The summed E-state index contributed by atoms with van der Waals surface area (Å²) in [5.74, 6) is -0.379. The van der Waals surface area contributed by atoms with Gasteiger partial charge in [-0.3, -0.25) is 9.36 Å². The van der Waals surface area contributed by atoms with Crippen molar-refractivity contribution >= 4 is 13.8 Å². The van der Waals surface area contributed by atoms with Crippen LogP contribution in [0, 0.1) is 0 Å². The number of carbonyl (C=O) groups is 1. The molecule has 0 aliphatic heterocycles. The van der Waals surface area contributed by atoms with Gasteiger partial charge in [-0.1, -0.05) is 125 Å². The van der Waals surface area contributed by atoms with Crippen molar-refractivity contribution in [3.8, 4) is 0 Å². The van der Waals surface area contributed by atoms with E-state index in [1.165, 1.54) is 6.42 Å². The number of phosphoric acid groups is 1. The summed E-state index contributed by atoms with van der Waals surface area (Å²) in [6, 6.07) is 0. The summed E-state index contributed by atoms with van der Waals surface area (Å²) in [7, 11) is 1.28. The highest BCUT2D eigenvalue weighted by Crippen LogP contribution is 2.38. The Morgan fingerprint density at radius 1 is 0.627 bits per heavy atom. The molecule has 0 amide bonds. The highest BCUT2D eigenvalue weighted by atomic mass is 31.2. The molecule has 8 nitrogen and oxygen atoms in total. The van der Waals surface area contributed by atoms with Crippen LogP contribution in [0.3, 0.4) is 0 Å². The Kier molecular flexibility index (Phi) is 33.2. The molecular weight excluding hydrogens is 661 g/mol. The Hall–Kier alpha value is -2.32. The van der Waals surface area contributed by atoms with Crippen LogP contribution in [0.5, 0.6) is 0 Å². The van der Waals surface area contributed by atoms with Gasteiger partial charge in [-0.25, -0.2) is 0 Å². The van der Waals surface area contributed by atoms with Crippen LogP contribution in [0.1, 0.15) is 117 Å². The summed E-state index contributed by atoms with van der Waals surface area (Å²) in [5, 5.41) is 0. The first-order chi connectivity index (χ1) is 24.6. The first-order valence-electron chi connectivity index (χ1n) is 19.3. The molecule has 2 atom stereocenters. The average molecular weight is 734 g/mol. The fourth-order valence-corrected chi connectivity index (χ4v) is 5.20. The van der Waals surface area contributed by atoms with Crippen molar-refractivity contribution in [2.45, 2.75) is 123 Å². The lowest BCUT2D eigenvalue weighted by Gasteiger charge is -2.28. The van der Waals surface area contributed by atoms with Crippen LogP contribution in [0.25, 0.3) is 0 Å². The number of nitrogens with zero attached hydrogens (tertiary/aromatic N) is 1. The smallest absolute Gasteiger partial charge is 0.306 e. The number of unbranched alkanes of at least 4 members (excludes halogenated alkanes) is 6. The van der Waals surface area contributed by atoms with E-state index >= 15 is 0 Å². The third kappa shape index (κ3) is 38.7. The largest absolute Gasteiger partial charge is 0.756 e. The minimum atomic E-state index is -4.55. The van der Waals surface area contributed by atoms with E-state index in [4.69, 9.17) is 18.5 Å². The zero-order valence-corrected chi connectivity index (χ0v) is 33.7. The minimum Gasteiger partial charge on any atom is -0.756 e. The Labute approximate surface area is 312 Å². The van der Waals surface area contributed by atoms with Gasteiger partial charge in [0, 0.05) is 6.42 Å². The molecule has 0 aromatic carbocycles. The number of likely N-dealkylation sites (N-methyl/N-ethyl adjacent to an activating group) is 1. The summed E-state index contributed by atoms with van der Waals surface area (Å²) in [6.07, 6.45) is 44.7. The lowest BCUT2D eigenvalue weighted by Crippen LogP contribution is -2.37. The molecule has 0 radical (unpaired) electrons. The molecule has 0 spiro atoms. The summed E-state index contributed by atoms with van der Waals surface area (Å²) in [6.45, 7) is 4.94. The molecule has 0 saturated heterocycles. The van der Waals surface area contributed by atoms with Gasteiger partial charge < -0.3 is 27.9 Å². The summed E-state index contributed by atoms with van der Waals surface area (Å²) in [5.41, 5.74) is 0. The molecule has 0 saturated carbocycles. The van der Waals surface area contributed by atoms with Crippen molar-refractivity contribution in [2.75, 3.05) is 54.1 Å². The van der Waals surface area contributed by atoms with Gasteiger partial charge in [0.2, 0.25) is 0 Å². The first kappa shape index (κ1) is 48.7. The zero-order valence-electron chi connectivity index (χ0n) is 32.8. The molecule has 0 aromatic rings. The monoisotopic (exact) mass is 734 g/mol. The third-order valence-corrected chi connectivity index (χ3v) is 8.40. The second-order valence-electron chi connectivity index (χ2n) is 13.5. The summed E-state index contributed by atoms with van der Waals surface area (Å²) < 4.78 is 34.3. The van der Waals surface area contributed by atoms with Gasteiger partial charge in [-0.05, 0) is 70.6 Å². The molecule has 51 heavy (non-hydrogen) atoms. The fourth-order valence-electron chi connectivity index (χ4n) is 4.47. The van der Waals surface area contributed by atoms with Gasteiger partial charge in [-0.2, -0.15) is 0 Å². The van der Waals surface area contributed by atoms with Gasteiger partial charge in [0.05, 0.1) is 41.0 Å². The molecule has 0 rings (SSSR count). The van der Waals surface area contributed by atoms with Crippen LogP contribution >= 0.6 is 7.82 Å². The van der Waals surface area contributed by atoms with E-state index in [0.717, 1.165) is 83.5 Å². The lowest BCUT2D eigenvalue weighted by atomic mass is 10.1. The normalized spacial score (nSPS) is 14.9. The number of carbonyl (C=O) groups excluding carboxylic acids is 1. The number of rotatable bonds is 34. The lowest BCUT2D eigenvalue weighted by molar-refractivity contribution is -0.870. The molecule has 0 heterocycles.